The molecule has 40 heavy (non-hydrogen) atoms. The van der Waals surface area contributed by atoms with Gasteiger partial charge in [0.15, 0.2) is 0 Å². The molecule has 1 N–H and O–H groups in total. The van der Waals surface area contributed by atoms with Crippen LogP contribution < -0.4 is 9.62 Å². The van der Waals surface area contributed by atoms with E-state index in [-0.39, 0.29) is 29.1 Å². The van der Waals surface area contributed by atoms with Gasteiger partial charge in [0.1, 0.15) is 12.6 Å². The fourth-order valence-electron chi connectivity index (χ4n) is 4.82. The van der Waals surface area contributed by atoms with Gasteiger partial charge in [0.25, 0.3) is 10.0 Å². The molecule has 0 spiro atoms. The number of rotatable bonds is 10. The monoisotopic (exact) mass is 601 g/mol. The maximum atomic E-state index is 14.0. The number of carbonyl (C=O) groups is 2. The number of sulfonamides is 1. The van der Waals surface area contributed by atoms with Gasteiger partial charge in [-0.15, -0.1) is 0 Å². The lowest BCUT2D eigenvalue weighted by molar-refractivity contribution is -0.139. The fraction of sp³-hybridized carbons (Fsp3) is 0.333. The maximum Gasteiger partial charge on any atom is 0.264 e. The second-order valence-electron chi connectivity index (χ2n) is 9.93. The first kappa shape index (κ1) is 29.9. The normalized spacial score (nSPS) is 14.8. The van der Waals surface area contributed by atoms with Crippen molar-refractivity contribution in [3.05, 3.63) is 94.5 Å². The third-order valence-electron chi connectivity index (χ3n) is 7.14. The molecule has 1 saturated carbocycles. The molecule has 3 aromatic rings. The summed E-state index contributed by atoms with van der Waals surface area (Å²) in [5.74, 6) is -0.822. The van der Waals surface area contributed by atoms with Gasteiger partial charge in [-0.1, -0.05) is 78.9 Å². The van der Waals surface area contributed by atoms with Crippen molar-refractivity contribution < 1.29 is 18.0 Å². The molecule has 1 atom stereocenters. The minimum atomic E-state index is -4.13. The predicted octanol–water partition coefficient (Wildman–Crippen LogP) is 6.05. The summed E-state index contributed by atoms with van der Waals surface area (Å²) in [5, 5.41) is 3.97. The van der Waals surface area contributed by atoms with E-state index < -0.39 is 28.5 Å². The van der Waals surface area contributed by atoms with Crippen LogP contribution in [0.15, 0.2) is 83.8 Å². The lowest BCUT2D eigenvalue weighted by Crippen LogP contribution is -2.53. The molecular weight excluding hydrogens is 569 g/mol. The van der Waals surface area contributed by atoms with Crippen LogP contribution in [0.1, 0.15) is 44.6 Å². The highest BCUT2D eigenvalue weighted by molar-refractivity contribution is 7.92. The van der Waals surface area contributed by atoms with Crippen molar-refractivity contribution in [3.8, 4) is 0 Å². The SMILES string of the molecule is C[C@@H](C(=O)NC1CCCCC1)N(Cc1ccccc1Cl)C(=O)CN(c1ccc(Cl)cc1)S(=O)(=O)c1ccccc1. The summed E-state index contributed by atoms with van der Waals surface area (Å²) in [7, 11) is -4.13. The maximum absolute atomic E-state index is 14.0. The van der Waals surface area contributed by atoms with Crippen molar-refractivity contribution in [2.75, 3.05) is 10.8 Å². The standard InChI is InChI=1S/C30H33Cl2N3O4S/c1-22(30(37)33-25-11-4-2-5-12-25)34(20-23-10-8-9-15-28(23)32)29(36)21-35(26-18-16-24(31)17-19-26)40(38,39)27-13-6-3-7-14-27/h3,6-10,13-19,22,25H,2,4-5,11-12,20-21H2,1H3,(H,33,37)/t22-/m0/s1. The molecule has 0 unspecified atom stereocenters. The van der Waals surface area contributed by atoms with Crippen molar-refractivity contribution in [1.82, 2.24) is 10.2 Å². The number of nitrogens with zero attached hydrogens (tertiary/aromatic N) is 2. The lowest BCUT2D eigenvalue weighted by atomic mass is 9.95. The van der Waals surface area contributed by atoms with Crippen LogP contribution in [0.2, 0.25) is 10.0 Å². The van der Waals surface area contributed by atoms with Gasteiger partial charge in [-0.05, 0) is 67.8 Å². The Hall–Kier alpha value is -3.07. The van der Waals surface area contributed by atoms with E-state index in [0.717, 1.165) is 36.4 Å². The summed E-state index contributed by atoms with van der Waals surface area (Å²) in [6.45, 7) is 1.17. The summed E-state index contributed by atoms with van der Waals surface area (Å²) in [5.41, 5.74) is 0.928. The van der Waals surface area contributed by atoms with Gasteiger partial charge < -0.3 is 10.2 Å². The summed E-state index contributed by atoms with van der Waals surface area (Å²) in [6, 6.07) is 20.4. The molecule has 0 radical (unpaired) electrons. The molecule has 7 nitrogen and oxygen atoms in total. The number of hydrogen-bond acceptors (Lipinski definition) is 4. The highest BCUT2D eigenvalue weighted by atomic mass is 35.5. The van der Waals surface area contributed by atoms with Crippen molar-refractivity contribution in [2.45, 2.75) is 62.6 Å². The first-order chi connectivity index (χ1) is 19.2. The van der Waals surface area contributed by atoms with E-state index >= 15 is 0 Å². The zero-order valence-electron chi connectivity index (χ0n) is 22.3. The van der Waals surface area contributed by atoms with Gasteiger partial charge in [0.05, 0.1) is 10.6 Å². The Morgan fingerprint density at radius 3 is 2.17 bits per heavy atom. The van der Waals surface area contributed by atoms with Crippen LogP contribution in [0.5, 0.6) is 0 Å². The summed E-state index contributed by atoms with van der Waals surface area (Å²) in [6.07, 6.45) is 5.05. The highest BCUT2D eigenvalue weighted by Gasteiger charge is 2.33. The molecule has 0 bridgehead atoms. The molecule has 4 rings (SSSR count). The van der Waals surface area contributed by atoms with E-state index in [0.29, 0.717) is 15.6 Å². The summed E-state index contributed by atoms with van der Waals surface area (Å²) in [4.78, 5) is 28.8. The smallest absolute Gasteiger partial charge is 0.264 e. The average molecular weight is 603 g/mol. The highest BCUT2D eigenvalue weighted by Crippen LogP contribution is 2.27. The Morgan fingerprint density at radius 2 is 1.52 bits per heavy atom. The number of hydrogen-bond donors (Lipinski definition) is 1. The molecule has 1 fully saturated rings. The van der Waals surface area contributed by atoms with Gasteiger partial charge in [0.2, 0.25) is 11.8 Å². The third-order valence-corrected chi connectivity index (χ3v) is 9.55. The van der Waals surface area contributed by atoms with E-state index in [1.807, 2.05) is 0 Å². The van der Waals surface area contributed by atoms with E-state index in [1.54, 1.807) is 73.7 Å². The quantitative estimate of drug-likeness (QED) is 0.306. The Kier molecular flexibility index (Phi) is 10.1. The van der Waals surface area contributed by atoms with E-state index in [4.69, 9.17) is 23.2 Å². The molecule has 212 valence electrons. The molecular formula is C30H33Cl2N3O4S. The Morgan fingerprint density at radius 1 is 0.900 bits per heavy atom. The topological polar surface area (TPSA) is 86.8 Å². The van der Waals surface area contributed by atoms with Crippen LogP contribution in [0.4, 0.5) is 5.69 Å². The van der Waals surface area contributed by atoms with Crippen molar-refractivity contribution in [2.24, 2.45) is 0 Å². The first-order valence-electron chi connectivity index (χ1n) is 13.3. The molecule has 0 aromatic heterocycles. The molecule has 0 aliphatic heterocycles. The second kappa shape index (κ2) is 13.5. The number of carbonyl (C=O) groups excluding carboxylic acids is 2. The zero-order valence-corrected chi connectivity index (χ0v) is 24.6. The molecule has 0 saturated heterocycles. The van der Waals surface area contributed by atoms with Crippen molar-refractivity contribution in [1.29, 1.82) is 0 Å². The van der Waals surface area contributed by atoms with Crippen LogP contribution in [0, 0.1) is 0 Å². The van der Waals surface area contributed by atoms with E-state index in [2.05, 4.69) is 5.32 Å². The van der Waals surface area contributed by atoms with Crippen LogP contribution in [0.25, 0.3) is 0 Å². The van der Waals surface area contributed by atoms with Gasteiger partial charge in [-0.2, -0.15) is 0 Å². The zero-order chi connectivity index (χ0) is 28.7. The number of benzene rings is 3. The number of halogens is 2. The number of anilines is 1. The van der Waals surface area contributed by atoms with Crippen LogP contribution in [-0.4, -0.2) is 43.8 Å². The minimum Gasteiger partial charge on any atom is -0.352 e. The van der Waals surface area contributed by atoms with Crippen molar-refractivity contribution >= 4 is 50.7 Å². The molecule has 3 aromatic carbocycles. The van der Waals surface area contributed by atoms with Gasteiger partial charge in [-0.3, -0.25) is 13.9 Å². The second-order valence-corrected chi connectivity index (χ2v) is 12.6. The first-order valence-corrected chi connectivity index (χ1v) is 15.5. The molecule has 10 heteroatoms. The third kappa shape index (κ3) is 7.36. The molecule has 1 aliphatic carbocycles. The molecule has 0 heterocycles. The largest absolute Gasteiger partial charge is 0.352 e. The Bertz CT molecular complexity index is 1410. The van der Waals surface area contributed by atoms with Crippen LogP contribution >= 0.6 is 23.2 Å². The average Bonchev–Trinajstić information content (AvgIpc) is 2.96. The van der Waals surface area contributed by atoms with Crippen LogP contribution in [-0.2, 0) is 26.2 Å². The van der Waals surface area contributed by atoms with Crippen LogP contribution in [0.3, 0.4) is 0 Å². The summed E-state index contributed by atoms with van der Waals surface area (Å²) < 4.78 is 28.6. The van der Waals surface area contributed by atoms with Gasteiger partial charge in [-0.25, -0.2) is 8.42 Å². The Labute approximate surface area is 246 Å². The Balaban J connectivity index is 1.67. The van der Waals surface area contributed by atoms with Gasteiger partial charge in [0, 0.05) is 22.6 Å². The lowest BCUT2D eigenvalue weighted by Gasteiger charge is -2.33. The fourth-order valence-corrected chi connectivity index (χ4v) is 6.57. The summed E-state index contributed by atoms with van der Waals surface area (Å²) >= 11 is 12.5. The predicted molar refractivity (Wildman–Crippen MR) is 159 cm³/mol. The molecule has 2 amide bonds. The van der Waals surface area contributed by atoms with E-state index in [9.17, 15) is 18.0 Å². The molecule has 1 aliphatic rings. The van der Waals surface area contributed by atoms with E-state index in [1.165, 1.54) is 17.0 Å². The minimum absolute atomic E-state index is 0.0393. The van der Waals surface area contributed by atoms with Gasteiger partial charge >= 0.3 is 0 Å². The number of nitrogens with one attached hydrogen (secondary N) is 1. The number of amides is 2. The van der Waals surface area contributed by atoms with Crippen molar-refractivity contribution in [3.63, 3.8) is 0 Å².